The highest BCUT2D eigenvalue weighted by Gasteiger charge is 2.21. The van der Waals surface area contributed by atoms with E-state index in [0.29, 0.717) is 29.9 Å². The summed E-state index contributed by atoms with van der Waals surface area (Å²) in [5.41, 5.74) is 0.500. The van der Waals surface area contributed by atoms with E-state index < -0.39 is 0 Å². The highest BCUT2D eigenvalue weighted by atomic mass is 16.5. The van der Waals surface area contributed by atoms with Gasteiger partial charge in [-0.3, -0.25) is 9.59 Å². The minimum atomic E-state index is -0.322. The summed E-state index contributed by atoms with van der Waals surface area (Å²) in [4.78, 5) is 23.3. The molecule has 39 heavy (non-hydrogen) atoms. The molecule has 7 nitrogen and oxygen atoms in total. The van der Waals surface area contributed by atoms with Crippen LogP contribution in [-0.4, -0.2) is 23.4 Å². The predicted molar refractivity (Wildman–Crippen MR) is 159 cm³/mol. The second kappa shape index (κ2) is 21.3. The van der Waals surface area contributed by atoms with Gasteiger partial charge in [-0.15, -0.1) is 0 Å². The van der Waals surface area contributed by atoms with Gasteiger partial charge in [0.2, 0.25) is 10.9 Å². The first kappa shape index (κ1) is 36.5. The van der Waals surface area contributed by atoms with Crippen LogP contribution in [0.25, 0.3) is 0 Å². The van der Waals surface area contributed by atoms with Gasteiger partial charge in [0.1, 0.15) is 12.5 Å². The van der Waals surface area contributed by atoms with E-state index in [4.69, 9.17) is 13.6 Å². The van der Waals surface area contributed by atoms with Gasteiger partial charge in [-0.1, -0.05) is 87.0 Å². The summed E-state index contributed by atoms with van der Waals surface area (Å²) in [6, 6.07) is 0. The molecule has 0 aliphatic heterocycles. The minimum Gasteiger partial charge on any atom is -0.502 e. The highest BCUT2D eigenvalue weighted by molar-refractivity contribution is 5.22. The maximum atomic E-state index is 11.8. The SMILES string of the molecule is CC.CCCCCC(C)Cc1cocc(O)c1=O.CCCCOCCCCC(C)(C)Cc1cocc(O)c1=O. The molecule has 0 aromatic carbocycles. The molecular formula is C32H54O7. The molecule has 0 saturated carbocycles. The molecule has 0 aliphatic carbocycles. The van der Waals surface area contributed by atoms with E-state index in [-0.39, 0.29) is 27.8 Å². The molecule has 2 rings (SSSR count). The standard InChI is InChI=1S/C17H28O4.C13H20O3.C2H6/c1-4-5-9-20-10-7-6-8-17(2,3)11-14-12-21-13-15(18)16(14)19;1-3-4-5-6-10(2)7-11-8-16-9-12(14)13(11)15;1-2/h12-13,18H,4-11H2,1-3H3;8-10,14H,3-7H2,1-2H3;1-2H3. The van der Waals surface area contributed by atoms with Gasteiger partial charge < -0.3 is 23.8 Å². The number of hydrogen-bond acceptors (Lipinski definition) is 7. The van der Waals surface area contributed by atoms with Crippen molar-refractivity contribution >= 4 is 0 Å². The Morgan fingerprint density at radius 3 is 1.92 bits per heavy atom. The molecule has 0 aliphatic rings. The fourth-order valence-corrected chi connectivity index (χ4v) is 4.15. The molecule has 2 aromatic rings. The predicted octanol–water partition coefficient (Wildman–Crippen LogP) is 8.03. The second-order valence-corrected chi connectivity index (χ2v) is 10.8. The summed E-state index contributed by atoms with van der Waals surface area (Å²) in [6.45, 7) is 16.4. The number of aromatic hydroxyl groups is 2. The van der Waals surface area contributed by atoms with Gasteiger partial charge in [-0.25, -0.2) is 0 Å². The van der Waals surface area contributed by atoms with Gasteiger partial charge in [-0.05, 0) is 43.4 Å². The van der Waals surface area contributed by atoms with E-state index in [0.717, 1.165) is 57.8 Å². The fourth-order valence-electron chi connectivity index (χ4n) is 4.15. The van der Waals surface area contributed by atoms with Crippen LogP contribution in [0.5, 0.6) is 11.5 Å². The van der Waals surface area contributed by atoms with Crippen molar-refractivity contribution in [3.63, 3.8) is 0 Å². The lowest BCUT2D eigenvalue weighted by molar-refractivity contribution is 0.124. The van der Waals surface area contributed by atoms with Gasteiger partial charge >= 0.3 is 0 Å². The highest BCUT2D eigenvalue weighted by Crippen LogP contribution is 2.27. The number of ether oxygens (including phenoxy) is 1. The van der Waals surface area contributed by atoms with Crippen LogP contribution in [0.2, 0.25) is 0 Å². The zero-order chi connectivity index (χ0) is 29.7. The van der Waals surface area contributed by atoms with Crippen molar-refractivity contribution in [2.24, 2.45) is 11.3 Å². The molecule has 224 valence electrons. The Morgan fingerprint density at radius 2 is 1.33 bits per heavy atom. The van der Waals surface area contributed by atoms with Crippen molar-refractivity contribution in [2.75, 3.05) is 13.2 Å². The number of rotatable bonds is 16. The number of unbranched alkanes of at least 4 members (excludes halogenated alkanes) is 4. The normalized spacial score (nSPS) is 11.7. The Balaban J connectivity index is 0.000000718. The Bertz CT molecular complexity index is 990. The van der Waals surface area contributed by atoms with Crippen LogP contribution in [-0.2, 0) is 17.6 Å². The molecule has 2 N–H and O–H groups in total. The van der Waals surface area contributed by atoms with Gasteiger partial charge in [-0.2, -0.15) is 0 Å². The quantitative estimate of drug-likeness (QED) is 0.204. The molecule has 7 heteroatoms. The lowest BCUT2D eigenvalue weighted by Gasteiger charge is -2.24. The van der Waals surface area contributed by atoms with Crippen LogP contribution in [0.1, 0.15) is 117 Å². The lowest BCUT2D eigenvalue weighted by Crippen LogP contribution is -2.20. The molecule has 1 unspecified atom stereocenters. The molecular weight excluding hydrogens is 496 g/mol. The fraction of sp³-hybridized carbons (Fsp3) is 0.688. The van der Waals surface area contributed by atoms with Crippen molar-refractivity contribution in [3.05, 3.63) is 56.6 Å². The summed E-state index contributed by atoms with van der Waals surface area (Å²) in [5.74, 6) is -0.151. The second-order valence-electron chi connectivity index (χ2n) is 10.8. The van der Waals surface area contributed by atoms with Crippen molar-refractivity contribution in [2.45, 2.75) is 119 Å². The Labute approximate surface area is 235 Å². The van der Waals surface area contributed by atoms with Crippen molar-refractivity contribution < 1.29 is 23.8 Å². The third-order valence-corrected chi connectivity index (χ3v) is 6.40. The molecule has 1 atom stereocenters. The molecule has 0 amide bonds. The average molecular weight is 551 g/mol. The summed E-state index contributed by atoms with van der Waals surface area (Å²) in [6.07, 6.45) is 16.5. The zero-order valence-corrected chi connectivity index (χ0v) is 25.5. The van der Waals surface area contributed by atoms with Crippen molar-refractivity contribution in [3.8, 4) is 11.5 Å². The van der Waals surface area contributed by atoms with E-state index in [1.54, 1.807) is 0 Å². The Hall–Kier alpha value is -2.54. The smallest absolute Gasteiger partial charge is 0.229 e. The minimum absolute atomic E-state index is 0.00585. The van der Waals surface area contributed by atoms with E-state index in [1.807, 2.05) is 13.8 Å². The molecule has 0 fully saturated rings. The maximum Gasteiger partial charge on any atom is 0.229 e. The van der Waals surface area contributed by atoms with Crippen LogP contribution in [0, 0.1) is 11.3 Å². The monoisotopic (exact) mass is 550 g/mol. The average Bonchev–Trinajstić information content (AvgIpc) is 2.90. The van der Waals surface area contributed by atoms with Crippen LogP contribution in [0.15, 0.2) is 43.5 Å². The van der Waals surface area contributed by atoms with Crippen LogP contribution < -0.4 is 10.9 Å². The van der Waals surface area contributed by atoms with Crippen LogP contribution in [0.4, 0.5) is 0 Å². The topological polar surface area (TPSA) is 110 Å². The zero-order valence-electron chi connectivity index (χ0n) is 25.5. The van der Waals surface area contributed by atoms with Gasteiger partial charge in [0.15, 0.2) is 11.5 Å². The molecule has 2 aromatic heterocycles. The van der Waals surface area contributed by atoms with E-state index in [9.17, 15) is 19.8 Å². The molecule has 0 saturated heterocycles. The van der Waals surface area contributed by atoms with Crippen LogP contribution in [0.3, 0.4) is 0 Å². The Morgan fingerprint density at radius 1 is 0.795 bits per heavy atom. The molecule has 0 radical (unpaired) electrons. The summed E-state index contributed by atoms with van der Waals surface area (Å²) < 4.78 is 15.4. The first-order chi connectivity index (χ1) is 18.6. The van der Waals surface area contributed by atoms with E-state index in [2.05, 4.69) is 34.6 Å². The summed E-state index contributed by atoms with van der Waals surface area (Å²) >= 11 is 0. The Kier molecular flexibility index (Phi) is 19.9. The van der Waals surface area contributed by atoms with Gasteiger partial charge in [0.25, 0.3) is 0 Å². The van der Waals surface area contributed by atoms with Crippen LogP contribution >= 0.6 is 0 Å². The molecule has 0 bridgehead atoms. The largest absolute Gasteiger partial charge is 0.502 e. The van der Waals surface area contributed by atoms with Crippen molar-refractivity contribution in [1.29, 1.82) is 0 Å². The first-order valence-electron chi connectivity index (χ1n) is 14.8. The summed E-state index contributed by atoms with van der Waals surface area (Å²) in [5, 5.41) is 18.6. The van der Waals surface area contributed by atoms with E-state index >= 15 is 0 Å². The van der Waals surface area contributed by atoms with Gasteiger partial charge in [0.05, 0.1) is 12.5 Å². The third kappa shape index (κ3) is 16.2. The number of hydrogen-bond donors (Lipinski definition) is 2. The maximum absolute atomic E-state index is 11.8. The lowest BCUT2D eigenvalue weighted by atomic mass is 9.81. The molecule has 0 spiro atoms. The van der Waals surface area contributed by atoms with Gasteiger partial charge in [0, 0.05) is 24.3 Å². The van der Waals surface area contributed by atoms with E-state index in [1.165, 1.54) is 38.2 Å². The molecule has 2 heterocycles. The first-order valence-corrected chi connectivity index (χ1v) is 14.8. The summed E-state index contributed by atoms with van der Waals surface area (Å²) in [7, 11) is 0. The van der Waals surface area contributed by atoms with Crippen molar-refractivity contribution in [1.82, 2.24) is 0 Å². The third-order valence-electron chi connectivity index (χ3n) is 6.40.